The quantitative estimate of drug-likeness (QED) is 0.612. The number of benzene rings is 1. The topological polar surface area (TPSA) is 111 Å². The lowest BCUT2D eigenvalue weighted by Gasteiger charge is -2.30. The lowest BCUT2D eigenvalue weighted by atomic mass is 9.80. The first-order chi connectivity index (χ1) is 13.1. The van der Waals surface area contributed by atoms with E-state index in [9.17, 15) is 5.11 Å². The first kappa shape index (κ1) is 17.3. The fourth-order valence-electron chi connectivity index (χ4n) is 3.15. The van der Waals surface area contributed by atoms with Gasteiger partial charge in [0.1, 0.15) is 11.6 Å². The van der Waals surface area contributed by atoms with Crippen LogP contribution in [0.3, 0.4) is 0 Å². The molecule has 27 heavy (non-hydrogen) atoms. The van der Waals surface area contributed by atoms with E-state index in [4.69, 9.17) is 10.5 Å². The third-order valence-corrected chi connectivity index (χ3v) is 4.72. The highest BCUT2D eigenvalue weighted by molar-refractivity contribution is 5.43. The molecular formula is C19H22N6O2. The molecule has 1 aromatic carbocycles. The summed E-state index contributed by atoms with van der Waals surface area (Å²) in [5.41, 5.74) is 8.65. The van der Waals surface area contributed by atoms with E-state index in [0.29, 0.717) is 12.4 Å². The number of aliphatic hydroxyl groups excluding tert-OH is 1. The van der Waals surface area contributed by atoms with Crippen molar-refractivity contribution < 1.29 is 9.84 Å². The maximum absolute atomic E-state index is 9.49. The largest absolute Gasteiger partial charge is 0.497 e. The van der Waals surface area contributed by atoms with Crippen LogP contribution in [0.15, 0.2) is 42.7 Å². The van der Waals surface area contributed by atoms with Crippen LogP contribution >= 0.6 is 0 Å². The van der Waals surface area contributed by atoms with Gasteiger partial charge in [0.05, 0.1) is 30.8 Å². The summed E-state index contributed by atoms with van der Waals surface area (Å²) < 4.78 is 7.06. The molecule has 0 atom stereocenters. The standard InChI is InChI=1S/C19H22N6O2/c1-27-16-4-2-3-14(7-16)25-11-12(10-22-25)9-21-18-8-17(23-19(20)24-18)13-5-15(26)6-13/h2-4,7-8,10-11,13,15,26H,5-6,9H2,1H3,(H3,20,21,23,24). The summed E-state index contributed by atoms with van der Waals surface area (Å²) >= 11 is 0. The summed E-state index contributed by atoms with van der Waals surface area (Å²) in [4.78, 5) is 8.54. The number of nitrogen functional groups attached to an aromatic ring is 1. The number of ether oxygens (including phenoxy) is 1. The molecule has 4 N–H and O–H groups in total. The van der Waals surface area contributed by atoms with Gasteiger partial charge in [-0.05, 0) is 25.0 Å². The van der Waals surface area contributed by atoms with Gasteiger partial charge in [-0.25, -0.2) is 9.67 Å². The van der Waals surface area contributed by atoms with Crippen LogP contribution in [0.5, 0.6) is 5.75 Å². The van der Waals surface area contributed by atoms with Gasteiger partial charge in [-0.1, -0.05) is 6.07 Å². The zero-order chi connectivity index (χ0) is 18.8. The molecule has 0 spiro atoms. The Morgan fingerprint density at radius 2 is 2.15 bits per heavy atom. The van der Waals surface area contributed by atoms with E-state index in [0.717, 1.165) is 35.5 Å². The minimum absolute atomic E-state index is 0.231. The van der Waals surface area contributed by atoms with Gasteiger partial charge < -0.3 is 20.9 Å². The van der Waals surface area contributed by atoms with Gasteiger partial charge >= 0.3 is 0 Å². The molecule has 1 aliphatic rings. The van der Waals surface area contributed by atoms with Crippen LogP contribution in [0.1, 0.15) is 30.0 Å². The van der Waals surface area contributed by atoms with Crippen LogP contribution in [0.2, 0.25) is 0 Å². The van der Waals surface area contributed by atoms with E-state index in [1.807, 2.05) is 36.5 Å². The molecule has 0 bridgehead atoms. The van der Waals surface area contributed by atoms with E-state index in [-0.39, 0.29) is 18.0 Å². The molecule has 1 saturated carbocycles. The molecule has 3 aromatic rings. The first-order valence-corrected chi connectivity index (χ1v) is 8.85. The predicted molar refractivity (Wildman–Crippen MR) is 102 cm³/mol. The van der Waals surface area contributed by atoms with Crippen LogP contribution in [0, 0.1) is 0 Å². The maximum atomic E-state index is 9.49. The predicted octanol–water partition coefficient (Wildman–Crippen LogP) is 2.10. The highest BCUT2D eigenvalue weighted by Gasteiger charge is 2.30. The van der Waals surface area contributed by atoms with E-state index in [2.05, 4.69) is 20.4 Å². The zero-order valence-corrected chi connectivity index (χ0v) is 15.0. The number of methoxy groups -OCH3 is 1. The van der Waals surface area contributed by atoms with Crippen LogP contribution < -0.4 is 15.8 Å². The average molecular weight is 366 g/mol. The molecule has 8 nitrogen and oxygen atoms in total. The van der Waals surface area contributed by atoms with Gasteiger partial charge in [-0.2, -0.15) is 10.1 Å². The smallest absolute Gasteiger partial charge is 0.222 e. The number of nitrogens with one attached hydrogen (secondary N) is 1. The summed E-state index contributed by atoms with van der Waals surface area (Å²) in [6.07, 6.45) is 4.98. The summed E-state index contributed by atoms with van der Waals surface area (Å²) in [5, 5.41) is 17.2. The number of hydrogen-bond donors (Lipinski definition) is 3. The van der Waals surface area contributed by atoms with Crippen LogP contribution in [0.4, 0.5) is 11.8 Å². The minimum Gasteiger partial charge on any atom is -0.497 e. The number of aliphatic hydroxyl groups is 1. The fraction of sp³-hybridized carbons (Fsp3) is 0.316. The summed E-state index contributed by atoms with van der Waals surface area (Å²) in [5.74, 6) is 1.95. The van der Waals surface area contributed by atoms with Gasteiger partial charge in [-0.15, -0.1) is 0 Å². The minimum atomic E-state index is -0.231. The first-order valence-electron chi connectivity index (χ1n) is 8.85. The number of hydrogen-bond acceptors (Lipinski definition) is 7. The molecule has 2 heterocycles. The Morgan fingerprint density at radius 1 is 1.30 bits per heavy atom. The molecule has 0 radical (unpaired) electrons. The molecule has 140 valence electrons. The molecule has 1 fully saturated rings. The third kappa shape index (κ3) is 3.85. The monoisotopic (exact) mass is 366 g/mol. The molecular weight excluding hydrogens is 344 g/mol. The molecule has 8 heteroatoms. The molecule has 0 saturated heterocycles. The van der Waals surface area contributed by atoms with Crippen LogP contribution in [-0.2, 0) is 6.54 Å². The van der Waals surface area contributed by atoms with E-state index < -0.39 is 0 Å². The van der Waals surface area contributed by atoms with Crippen molar-refractivity contribution in [3.05, 3.63) is 54.0 Å². The Morgan fingerprint density at radius 3 is 2.93 bits per heavy atom. The van der Waals surface area contributed by atoms with E-state index >= 15 is 0 Å². The lowest BCUT2D eigenvalue weighted by molar-refractivity contribution is 0.0732. The van der Waals surface area contributed by atoms with Crippen molar-refractivity contribution in [1.82, 2.24) is 19.7 Å². The van der Waals surface area contributed by atoms with Crippen LogP contribution in [0.25, 0.3) is 5.69 Å². The van der Waals surface area contributed by atoms with Crippen molar-refractivity contribution >= 4 is 11.8 Å². The van der Waals surface area contributed by atoms with Crippen molar-refractivity contribution in [3.8, 4) is 11.4 Å². The molecule has 2 aromatic heterocycles. The van der Waals surface area contributed by atoms with E-state index in [1.165, 1.54) is 0 Å². The molecule has 0 unspecified atom stereocenters. The van der Waals surface area contributed by atoms with Gasteiger partial charge in [0.25, 0.3) is 0 Å². The second kappa shape index (κ2) is 7.24. The van der Waals surface area contributed by atoms with Gasteiger partial charge in [-0.3, -0.25) is 0 Å². The van der Waals surface area contributed by atoms with Crippen molar-refractivity contribution in [2.24, 2.45) is 0 Å². The van der Waals surface area contributed by atoms with Crippen molar-refractivity contribution in [3.63, 3.8) is 0 Å². The SMILES string of the molecule is COc1cccc(-n2cc(CNc3cc(C4CC(O)C4)nc(N)n3)cn2)c1. The summed E-state index contributed by atoms with van der Waals surface area (Å²) in [6, 6.07) is 9.62. The second-order valence-corrected chi connectivity index (χ2v) is 6.71. The molecule has 1 aliphatic carbocycles. The van der Waals surface area contributed by atoms with E-state index in [1.54, 1.807) is 18.0 Å². The normalized spacial score (nSPS) is 18.7. The number of nitrogens with two attached hydrogens (primary N) is 1. The summed E-state index contributed by atoms with van der Waals surface area (Å²) in [7, 11) is 1.64. The Hall–Kier alpha value is -3.13. The Balaban J connectivity index is 1.44. The Kier molecular flexibility index (Phi) is 4.64. The number of anilines is 2. The zero-order valence-electron chi connectivity index (χ0n) is 15.0. The fourth-order valence-corrected chi connectivity index (χ4v) is 3.15. The second-order valence-electron chi connectivity index (χ2n) is 6.71. The van der Waals surface area contributed by atoms with Crippen molar-refractivity contribution in [2.75, 3.05) is 18.2 Å². The molecule has 4 rings (SSSR count). The van der Waals surface area contributed by atoms with Crippen molar-refractivity contribution in [2.45, 2.75) is 31.4 Å². The van der Waals surface area contributed by atoms with Gasteiger partial charge in [0.2, 0.25) is 5.95 Å². The number of rotatable bonds is 6. The highest BCUT2D eigenvalue weighted by Crippen LogP contribution is 2.36. The molecule has 0 aliphatic heterocycles. The lowest BCUT2D eigenvalue weighted by Crippen LogP contribution is -2.27. The summed E-state index contributed by atoms with van der Waals surface area (Å²) in [6.45, 7) is 0.563. The highest BCUT2D eigenvalue weighted by atomic mass is 16.5. The number of nitrogens with zero attached hydrogens (tertiary/aromatic N) is 4. The van der Waals surface area contributed by atoms with Crippen LogP contribution in [-0.4, -0.2) is 38.1 Å². The van der Waals surface area contributed by atoms with Gasteiger partial charge in [0.15, 0.2) is 0 Å². The maximum Gasteiger partial charge on any atom is 0.222 e. The molecule has 0 amide bonds. The Bertz CT molecular complexity index is 935. The number of aromatic nitrogens is 4. The Labute approximate surface area is 157 Å². The third-order valence-electron chi connectivity index (χ3n) is 4.72. The van der Waals surface area contributed by atoms with Gasteiger partial charge in [0, 0.05) is 36.4 Å². The average Bonchev–Trinajstić information content (AvgIpc) is 3.12. The van der Waals surface area contributed by atoms with Crippen molar-refractivity contribution in [1.29, 1.82) is 0 Å².